The Balaban J connectivity index is 2.31. The predicted molar refractivity (Wildman–Crippen MR) is 107 cm³/mol. The number of thioether (sulfide) groups is 1. The molecule has 1 aromatic heterocycles. The third kappa shape index (κ3) is 5.94. The van der Waals surface area contributed by atoms with E-state index < -0.39 is 44.6 Å². The molecular weight excluding hydrogens is 420 g/mol. The van der Waals surface area contributed by atoms with Crippen molar-refractivity contribution in [3.8, 4) is 0 Å². The van der Waals surface area contributed by atoms with E-state index in [1.165, 1.54) is 44.1 Å². The lowest BCUT2D eigenvalue weighted by atomic mass is 10.3. The molecule has 1 heterocycles. The van der Waals surface area contributed by atoms with Gasteiger partial charge in [0.25, 0.3) is 0 Å². The molecule has 10 nitrogen and oxygen atoms in total. The molecule has 2 atom stereocenters. The predicted octanol–water partition coefficient (Wildman–Crippen LogP) is -0.0348. The van der Waals surface area contributed by atoms with Crippen molar-refractivity contribution in [3.05, 3.63) is 47.1 Å². The highest BCUT2D eigenvalue weighted by molar-refractivity contribution is 8.00. The van der Waals surface area contributed by atoms with Gasteiger partial charge in [-0.05, 0) is 12.1 Å². The van der Waals surface area contributed by atoms with Crippen LogP contribution in [0.25, 0.3) is 0 Å². The number of sulfone groups is 1. The second kappa shape index (κ2) is 9.74. The Morgan fingerprint density at radius 2 is 1.93 bits per heavy atom. The molecule has 0 bridgehead atoms. The Bertz CT molecular complexity index is 1020. The molecule has 2 rings (SSSR count). The van der Waals surface area contributed by atoms with Gasteiger partial charge in [0, 0.05) is 19.7 Å². The number of carbonyl (C=O) groups is 2. The van der Waals surface area contributed by atoms with Gasteiger partial charge in [0.05, 0.1) is 17.8 Å². The average Bonchev–Trinajstić information content (AvgIpc) is 3.02. The molecule has 1 unspecified atom stereocenters. The summed E-state index contributed by atoms with van der Waals surface area (Å²) in [6.45, 7) is 1.25. The molecule has 2 aromatic rings. The molecule has 12 heteroatoms. The van der Waals surface area contributed by atoms with Crippen LogP contribution in [0.3, 0.4) is 0 Å². The number of hydrogen-bond donors (Lipinski definition) is 1. The SMILES string of the molecule is COC(=O)[C@H](CSC(CS(=O)(=O)c1ccccc1)n1ncn(C)c1=O)NC(C)=O. The first-order chi connectivity index (χ1) is 13.7. The van der Waals surface area contributed by atoms with E-state index in [1.807, 2.05) is 0 Å². The van der Waals surface area contributed by atoms with E-state index in [4.69, 9.17) is 0 Å². The van der Waals surface area contributed by atoms with E-state index in [0.717, 1.165) is 16.4 Å². The molecule has 0 radical (unpaired) electrons. The number of nitrogens with one attached hydrogen (secondary N) is 1. The maximum Gasteiger partial charge on any atom is 0.346 e. The van der Waals surface area contributed by atoms with Crippen molar-refractivity contribution in [1.29, 1.82) is 0 Å². The first kappa shape index (κ1) is 22.7. The van der Waals surface area contributed by atoms with Crippen LogP contribution in [0, 0.1) is 0 Å². The standard InChI is InChI=1S/C17H22N4O6S2/c1-12(22)19-14(16(23)27-3)9-28-15(21-17(24)20(2)11-18-21)10-29(25,26)13-7-5-4-6-8-13/h4-8,11,14-15H,9-10H2,1-3H3,(H,19,22)/t14-,15?/m0/s1. The number of esters is 1. The summed E-state index contributed by atoms with van der Waals surface area (Å²) in [7, 11) is -1.07. The van der Waals surface area contributed by atoms with Crippen molar-refractivity contribution in [3.63, 3.8) is 0 Å². The van der Waals surface area contributed by atoms with Gasteiger partial charge in [0.1, 0.15) is 17.7 Å². The zero-order valence-corrected chi connectivity index (χ0v) is 17.8. The summed E-state index contributed by atoms with van der Waals surface area (Å²) in [4.78, 5) is 35.7. The molecule has 0 spiro atoms. The van der Waals surface area contributed by atoms with E-state index in [9.17, 15) is 22.8 Å². The van der Waals surface area contributed by atoms with Gasteiger partial charge in [0.2, 0.25) is 5.91 Å². The van der Waals surface area contributed by atoms with Gasteiger partial charge in [-0.25, -0.2) is 18.0 Å². The maximum atomic E-state index is 12.8. The molecular formula is C17H22N4O6S2. The van der Waals surface area contributed by atoms with Crippen LogP contribution in [0.5, 0.6) is 0 Å². The molecule has 1 amide bonds. The molecule has 1 N–H and O–H groups in total. The number of hydrogen-bond acceptors (Lipinski definition) is 8. The zero-order valence-electron chi connectivity index (χ0n) is 16.1. The number of aromatic nitrogens is 3. The lowest BCUT2D eigenvalue weighted by molar-refractivity contribution is -0.144. The Morgan fingerprint density at radius 1 is 1.28 bits per heavy atom. The van der Waals surface area contributed by atoms with Crippen molar-refractivity contribution in [2.75, 3.05) is 18.6 Å². The van der Waals surface area contributed by atoms with Gasteiger partial charge in [-0.1, -0.05) is 18.2 Å². The monoisotopic (exact) mass is 442 g/mol. The highest BCUT2D eigenvalue weighted by Crippen LogP contribution is 2.26. The van der Waals surface area contributed by atoms with Crippen molar-refractivity contribution in [2.45, 2.75) is 23.2 Å². The third-order valence-electron chi connectivity index (χ3n) is 3.90. The van der Waals surface area contributed by atoms with Gasteiger partial charge in [-0.3, -0.25) is 9.36 Å². The Morgan fingerprint density at radius 3 is 2.45 bits per heavy atom. The zero-order chi connectivity index (χ0) is 21.6. The molecule has 0 aliphatic carbocycles. The van der Waals surface area contributed by atoms with Crippen molar-refractivity contribution in [2.24, 2.45) is 7.05 Å². The summed E-state index contributed by atoms with van der Waals surface area (Å²) in [6, 6.07) is 6.84. The topological polar surface area (TPSA) is 129 Å². The molecule has 0 aliphatic heterocycles. The Kier molecular flexibility index (Phi) is 7.62. The fourth-order valence-electron chi connectivity index (χ4n) is 2.46. The minimum absolute atomic E-state index is 0.00968. The van der Waals surface area contributed by atoms with E-state index in [0.29, 0.717) is 0 Å². The van der Waals surface area contributed by atoms with Gasteiger partial charge in [-0.15, -0.1) is 11.8 Å². The lowest BCUT2D eigenvalue weighted by Crippen LogP contribution is -2.43. The molecule has 29 heavy (non-hydrogen) atoms. The average molecular weight is 443 g/mol. The van der Waals surface area contributed by atoms with Gasteiger partial charge in [-0.2, -0.15) is 9.78 Å². The molecule has 0 saturated heterocycles. The van der Waals surface area contributed by atoms with Crippen LogP contribution < -0.4 is 11.0 Å². The largest absolute Gasteiger partial charge is 0.467 e. The highest BCUT2D eigenvalue weighted by atomic mass is 32.2. The summed E-state index contributed by atoms with van der Waals surface area (Å²) in [5.41, 5.74) is -0.500. The smallest absolute Gasteiger partial charge is 0.346 e. The number of aryl methyl sites for hydroxylation is 1. The lowest BCUT2D eigenvalue weighted by Gasteiger charge is -2.20. The summed E-state index contributed by atoms with van der Waals surface area (Å²) in [5.74, 6) is -1.55. The number of rotatable bonds is 9. The van der Waals surface area contributed by atoms with Crippen LogP contribution in [-0.4, -0.2) is 59.3 Å². The molecule has 1 aromatic carbocycles. The Hall–Kier alpha value is -2.60. The summed E-state index contributed by atoms with van der Waals surface area (Å²) < 4.78 is 32.6. The van der Waals surface area contributed by atoms with E-state index in [2.05, 4.69) is 15.2 Å². The van der Waals surface area contributed by atoms with Crippen LogP contribution in [-0.2, 0) is 31.2 Å². The van der Waals surface area contributed by atoms with Crippen molar-refractivity contribution >= 4 is 33.5 Å². The van der Waals surface area contributed by atoms with Gasteiger partial charge < -0.3 is 10.1 Å². The van der Waals surface area contributed by atoms with E-state index in [-0.39, 0.29) is 10.6 Å². The van der Waals surface area contributed by atoms with Gasteiger partial charge in [0.15, 0.2) is 9.84 Å². The number of benzene rings is 1. The third-order valence-corrected chi connectivity index (χ3v) is 7.14. The maximum absolute atomic E-state index is 12.8. The minimum atomic E-state index is -3.75. The van der Waals surface area contributed by atoms with Gasteiger partial charge >= 0.3 is 11.7 Å². The van der Waals surface area contributed by atoms with Crippen LogP contribution in [0.4, 0.5) is 0 Å². The number of amides is 1. The summed E-state index contributed by atoms with van der Waals surface area (Å²) >= 11 is 1.01. The quantitative estimate of drug-likeness (QED) is 0.536. The van der Waals surface area contributed by atoms with Crippen molar-refractivity contribution in [1.82, 2.24) is 19.7 Å². The number of ether oxygens (including phenoxy) is 1. The number of methoxy groups -OCH3 is 1. The number of carbonyl (C=O) groups excluding carboxylic acids is 2. The van der Waals surface area contributed by atoms with E-state index >= 15 is 0 Å². The first-order valence-corrected chi connectivity index (χ1v) is 11.2. The molecule has 0 aliphatic rings. The first-order valence-electron chi connectivity index (χ1n) is 8.50. The normalized spacial score (nSPS) is 13.5. The van der Waals surface area contributed by atoms with Crippen LogP contribution >= 0.6 is 11.8 Å². The van der Waals surface area contributed by atoms with Crippen LogP contribution in [0.15, 0.2) is 46.3 Å². The summed E-state index contributed by atoms with van der Waals surface area (Å²) in [5, 5.41) is 5.51. The second-order valence-electron chi connectivity index (χ2n) is 6.13. The minimum Gasteiger partial charge on any atom is -0.467 e. The summed E-state index contributed by atoms with van der Waals surface area (Å²) in [6.07, 6.45) is 1.27. The van der Waals surface area contributed by atoms with Crippen molar-refractivity contribution < 1.29 is 22.7 Å². The number of nitrogens with zero attached hydrogens (tertiary/aromatic N) is 3. The highest BCUT2D eigenvalue weighted by Gasteiger charge is 2.28. The van der Waals surface area contributed by atoms with E-state index in [1.54, 1.807) is 18.2 Å². The fourth-order valence-corrected chi connectivity index (χ4v) is 5.58. The van der Waals surface area contributed by atoms with Crippen LogP contribution in [0.1, 0.15) is 12.3 Å². The second-order valence-corrected chi connectivity index (χ2v) is 9.37. The fraction of sp³-hybridized carbons (Fsp3) is 0.412. The molecule has 0 saturated carbocycles. The Labute approximate surface area is 172 Å². The molecule has 0 fully saturated rings. The molecule has 158 valence electrons. The van der Waals surface area contributed by atoms with Crippen LogP contribution in [0.2, 0.25) is 0 Å².